The van der Waals surface area contributed by atoms with E-state index in [1.165, 1.54) is 37.1 Å². The number of benzene rings is 4. The summed E-state index contributed by atoms with van der Waals surface area (Å²) >= 11 is 19.2. The fourth-order valence-corrected chi connectivity index (χ4v) is 11.6. The van der Waals surface area contributed by atoms with E-state index in [0.717, 1.165) is 18.2 Å². The Hall–Kier alpha value is -8.66. The van der Waals surface area contributed by atoms with Crippen molar-refractivity contribution in [2.75, 3.05) is 26.7 Å². The number of likely N-dealkylation sites (N-methyl/N-ethyl adjacent to an activating group) is 2. The number of aliphatic hydroxyl groups excluding tert-OH is 1. The minimum absolute atomic E-state index is 0.167. The van der Waals surface area contributed by atoms with Gasteiger partial charge in [0, 0.05) is 84.5 Å². The molecule has 1 unspecified atom stereocenters. The highest BCUT2D eigenvalue weighted by molar-refractivity contribution is 6.31. The monoisotopic (exact) mass is 1410 g/mol. The van der Waals surface area contributed by atoms with Crippen molar-refractivity contribution in [1.82, 2.24) is 62.6 Å². The Morgan fingerprint density at radius 2 is 1.19 bits per heavy atom. The van der Waals surface area contributed by atoms with Gasteiger partial charge >= 0.3 is 6.03 Å². The number of aromatic nitrogens is 1. The average Bonchev–Trinajstić information content (AvgIpc) is 0.918. The molecule has 98 heavy (non-hydrogen) atoms. The first kappa shape index (κ1) is 78.3. The van der Waals surface area contributed by atoms with Crippen LogP contribution >= 0.6 is 34.8 Å². The number of carbonyl (C=O) groups excluding carboxylic acids is 11. The van der Waals surface area contributed by atoms with Crippen LogP contribution in [-0.4, -0.2) is 172 Å². The van der Waals surface area contributed by atoms with Gasteiger partial charge in [0.1, 0.15) is 36.3 Å². The summed E-state index contributed by atoms with van der Waals surface area (Å²) in [6.45, 7) is 12.1. The third-order valence-corrected chi connectivity index (χ3v) is 18.3. The summed E-state index contributed by atoms with van der Waals surface area (Å²) in [6, 6.07) is 13.1. The zero-order chi connectivity index (χ0) is 72.1. The Balaban J connectivity index is 1.34. The van der Waals surface area contributed by atoms with Gasteiger partial charge in [-0.15, -0.1) is 0 Å². The van der Waals surface area contributed by atoms with Gasteiger partial charge in [0.05, 0.1) is 12.1 Å². The summed E-state index contributed by atoms with van der Waals surface area (Å²) in [5.41, 5.74) is 12.6. The molecule has 2 heterocycles. The van der Waals surface area contributed by atoms with Gasteiger partial charge in [0.2, 0.25) is 41.4 Å². The standard InChI is InChI=1S/C69H91Cl3N14O12/c1-9-38(4)55(73)62(92)83-68(98)80-52(36-45-37-76-50-24-14-13-23-49(45)50)59(89)78-53(34-44-20-18-22-48(72)32-44)65(95)85(8)54(35-42-25-27-46(70)28-26-42)61(91)84-69(74,41(7)87)67(97)79-51(33-43-19-17-21-47(71)31-43)60(90)82-57(66(96)86-29-15-12-16-30-86)64(94)77-40(6)58(88)81-56(39(5)10-2)63(93)75-11-3/h13-14,17-28,31-32,37-41,51-57,76,87H,9-12,15-16,29-30,33-36,73-74H2,1-8H3,(H,75,93)(H,77,94)(H,78,89)(H,79,97)(H,81,88)(H,82,90)(H,84,91)(H2,80,83,92,98)/t38-,39-,40-,41+,51-,52-,53-,54-,55-,56-,57?,69-/m0/s1. The first-order valence-electron chi connectivity index (χ1n) is 32.8. The van der Waals surface area contributed by atoms with Crippen LogP contribution in [0.15, 0.2) is 103 Å². The number of nitrogens with one attached hydrogen (secondary N) is 10. The number of nitrogens with zero attached hydrogens (tertiary/aromatic N) is 2. The third kappa shape index (κ3) is 21.7. The van der Waals surface area contributed by atoms with Crippen molar-refractivity contribution in [1.29, 1.82) is 0 Å². The topological polar surface area (TPSA) is 391 Å². The molecule has 1 aliphatic heterocycles. The second-order valence-electron chi connectivity index (χ2n) is 24.9. The first-order valence-corrected chi connectivity index (χ1v) is 33.9. The zero-order valence-electron chi connectivity index (χ0n) is 56.3. The van der Waals surface area contributed by atoms with Gasteiger partial charge in [0.15, 0.2) is 11.7 Å². The molecule has 0 spiro atoms. The number of nitrogens with two attached hydrogens (primary N) is 2. The summed E-state index contributed by atoms with van der Waals surface area (Å²) in [6.07, 6.45) is 1.51. The van der Waals surface area contributed by atoms with E-state index in [4.69, 9.17) is 46.3 Å². The van der Waals surface area contributed by atoms with E-state index in [1.807, 2.05) is 19.9 Å². The van der Waals surface area contributed by atoms with E-state index in [0.29, 0.717) is 63.9 Å². The van der Waals surface area contributed by atoms with Crippen LogP contribution in [0.2, 0.25) is 15.1 Å². The molecule has 1 aliphatic rings. The summed E-state index contributed by atoms with van der Waals surface area (Å²) in [4.78, 5) is 164. The first-order chi connectivity index (χ1) is 46.5. The van der Waals surface area contributed by atoms with Gasteiger partial charge in [-0.2, -0.15) is 0 Å². The second-order valence-corrected chi connectivity index (χ2v) is 26.2. The van der Waals surface area contributed by atoms with Gasteiger partial charge in [-0.05, 0) is 117 Å². The Kier molecular flexibility index (Phi) is 29.4. The molecule has 4 aromatic carbocycles. The summed E-state index contributed by atoms with van der Waals surface area (Å²) in [7, 11) is 1.26. The lowest BCUT2D eigenvalue weighted by atomic mass is 9.97. The fraction of sp³-hybridized carbons (Fsp3) is 0.464. The molecule has 1 aromatic heterocycles. The van der Waals surface area contributed by atoms with Crippen LogP contribution in [0.5, 0.6) is 0 Å². The molecule has 12 amide bonds. The number of rotatable bonds is 32. The molecular weight excluding hydrogens is 1320 g/mol. The number of halogens is 3. The maximum absolute atomic E-state index is 15.5. The molecule has 5 aromatic rings. The molecule has 6 rings (SSSR count). The SMILES string of the molecule is CCNC(=O)[C@@H](NC(=O)[C@H](C)NC(=O)C(NC(=O)[C@H](Cc1cccc(Cl)c1)NC(=O)[C@@](N)(NC(=O)[C@H](Cc1ccc(Cl)cc1)N(C)C(=O)[C@H](Cc1cccc(Cl)c1)NC(=O)[C@H](Cc1c[nH]c2ccccc12)NC(=O)NC(=O)[C@@H](N)[C@@H](C)CC)[C@@H](C)O)C(=O)N1CCCCC1)[C@@H](C)CC. The summed E-state index contributed by atoms with van der Waals surface area (Å²) in [5, 5.41) is 36.1. The lowest BCUT2D eigenvalue weighted by Crippen LogP contribution is -2.74. The van der Waals surface area contributed by atoms with E-state index in [-0.39, 0.29) is 60.8 Å². The highest BCUT2D eigenvalue weighted by atomic mass is 35.5. The molecule has 1 fully saturated rings. The van der Waals surface area contributed by atoms with Crippen LogP contribution < -0.4 is 59.3 Å². The van der Waals surface area contributed by atoms with Gasteiger partial charge in [-0.25, -0.2) is 4.79 Å². The van der Waals surface area contributed by atoms with Crippen molar-refractivity contribution in [2.24, 2.45) is 23.3 Å². The number of carbonyl (C=O) groups is 11. The van der Waals surface area contributed by atoms with E-state index in [1.54, 1.807) is 99.8 Å². The molecule has 0 aliphatic carbocycles. The number of aliphatic hydroxyl groups is 1. The Morgan fingerprint density at radius 1 is 0.602 bits per heavy atom. The predicted molar refractivity (Wildman–Crippen MR) is 373 cm³/mol. The van der Waals surface area contributed by atoms with Crippen LogP contribution in [0.25, 0.3) is 10.9 Å². The number of amides is 12. The van der Waals surface area contributed by atoms with Crippen molar-refractivity contribution in [3.8, 4) is 0 Å². The average molecular weight is 1410 g/mol. The fourth-order valence-electron chi connectivity index (χ4n) is 11.1. The maximum atomic E-state index is 15.5. The molecule has 12 atom stereocenters. The highest BCUT2D eigenvalue weighted by Gasteiger charge is 2.46. The quantitative estimate of drug-likeness (QED) is 0.0216. The number of H-pyrrole nitrogens is 1. The Morgan fingerprint density at radius 3 is 1.79 bits per heavy atom. The van der Waals surface area contributed by atoms with E-state index >= 15 is 14.4 Å². The van der Waals surface area contributed by atoms with E-state index < -0.39 is 132 Å². The normalized spacial score (nSPS) is 16.2. The van der Waals surface area contributed by atoms with Gasteiger partial charge in [-0.3, -0.25) is 59.0 Å². The van der Waals surface area contributed by atoms with Crippen molar-refractivity contribution < 1.29 is 57.8 Å². The smallest absolute Gasteiger partial charge is 0.322 e. The molecule has 29 heteroatoms. The second kappa shape index (κ2) is 36.8. The predicted octanol–water partition coefficient (Wildman–Crippen LogP) is 3.58. The van der Waals surface area contributed by atoms with Crippen molar-refractivity contribution in [3.05, 3.63) is 141 Å². The molecule has 530 valence electrons. The minimum Gasteiger partial charge on any atom is -0.389 e. The zero-order valence-corrected chi connectivity index (χ0v) is 58.5. The minimum atomic E-state index is -2.87. The number of hydrogen-bond donors (Lipinski definition) is 13. The van der Waals surface area contributed by atoms with Gasteiger partial charge in [-0.1, -0.05) is 130 Å². The van der Waals surface area contributed by atoms with Crippen LogP contribution in [0.4, 0.5) is 4.79 Å². The van der Waals surface area contributed by atoms with Crippen molar-refractivity contribution in [2.45, 2.75) is 166 Å². The van der Waals surface area contributed by atoms with Crippen LogP contribution in [0.1, 0.15) is 103 Å². The number of piperidine rings is 1. The van der Waals surface area contributed by atoms with E-state index in [2.05, 4.69) is 52.8 Å². The number of urea groups is 1. The lowest BCUT2D eigenvalue weighted by molar-refractivity contribution is -0.146. The maximum Gasteiger partial charge on any atom is 0.322 e. The largest absolute Gasteiger partial charge is 0.389 e. The van der Waals surface area contributed by atoms with Crippen LogP contribution in [0.3, 0.4) is 0 Å². The molecule has 0 saturated carbocycles. The van der Waals surface area contributed by atoms with E-state index in [9.17, 15) is 43.5 Å². The molecule has 0 bridgehead atoms. The van der Waals surface area contributed by atoms with Crippen molar-refractivity contribution >= 4 is 111 Å². The van der Waals surface area contributed by atoms with Crippen LogP contribution in [0, 0.1) is 11.8 Å². The van der Waals surface area contributed by atoms with Gasteiger partial charge in [0.25, 0.3) is 17.7 Å². The molecule has 15 N–H and O–H groups in total. The molecule has 1 saturated heterocycles. The van der Waals surface area contributed by atoms with Crippen LogP contribution in [-0.2, 0) is 73.6 Å². The third-order valence-electron chi connectivity index (χ3n) is 17.6. The highest BCUT2D eigenvalue weighted by Crippen LogP contribution is 2.23. The number of likely N-dealkylation sites (tertiary alicyclic amines) is 1. The van der Waals surface area contributed by atoms with Crippen molar-refractivity contribution in [3.63, 3.8) is 0 Å². The number of fused-ring (bicyclic) bond motifs is 1. The number of imide groups is 1. The Bertz CT molecular complexity index is 3650. The number of hydrogen-bond acceptors (Lipinski definition) is 14. The Labute approximate surface area is 585 Å². The summed E-state index contributed by atoms with van der Waals surface area (Å²) < 4.78 is 0. The molecule has 0 radical (unpaired) electrons. The number of aromatic amines is 1. The van der Waals surface area contributed by atoms with Gasteiger partial charge < -0.3 is 68.2 Å². The lowest BCUT2D eigenvalue weighted by Gasteiger charge is -2.37. The molecular formula is C69H91Cl3N14O12. The summed E-state index contributed by atoms with van der Waals surface area (Å²) in [5.74, 6) is -10.0. The molecule has 26 nitrogen and oxygen atoms in total. The number of para-hydroxylation sites is 1.